The second-order valence-corrected chi connectivity index (χ2v) is 14.0. The first-order chi connectivity index (χ1) is 24.8. The van der Waals surface area contributed by atoms with Gasteiger partial charge in [0.05, 0.1) is 6.42 Å². The molecular weight excluding hydrogens is 754 g/mol. The molecule has 0 N–H and O–H groups in total. The van der Waals surface area contributed by atoms with E-state index in [1.807, 2.05) is 12.1 Å². The van der Waals surface area contributed by atoms with Crippen LogP contribution >= 0.6 is 0 Å². The number of benzene rings is 6. The molecule has 2 aliphatic rings. The monoisotopic (exact) mass is 794 g/mol. The number of aryl methyl sites for hydroxylation is 4. The first-order valence-electron chi connectivity index (χ1n) is 17.7. The van der Waals surface area contributed by atoms with E-state index in [0.717, 1.165) is 33.4 Å². The zero-order valence-corrected chi connectivity index (χ0v) is 33.2. The van der Waals surface area contributed by atoms with Crippen molar-refractivity contribution >= 4 is 11.8 Å². The van der Waals surface area contributed by atoms with Crippen LogP contribution < -0.4 is 24.8 Å². The van der Waals surface area contributed by atoms with Gasteiger partial charge < -0.3 is 34.3 Å². The molecule has 0 unspecified atom stereocenters. The summed E-state index contributed by atoms with van der Waals surface area (Å²) in [6.07, 6.45) is 0.311. The average Bonchev–Trinajstić information content (AvgIpc) is 3.73. The van der Waals surface area contributed by atoms with Crippen LogP contribution in [0.15, 0.2) is 168 Å². The first-order valence-corrected chi connectivity index (χ1v) is 17.7. The quantitative estimate of drug-likeness (QED) is 0.207. The molecule has 0 saturated carbocycles. The standard InChI is InChI=1S/C47H42N2O2.2ClH.Ni/c1-32-15-11-23-38(27-32)46(39-24-12-16-33(2)28-39)44(36-19-7-5-8-20-36)48-42(50-46)31-43-49-45(37-21-9-6-10-22-37)47(51-43,40-25-13-17-34(3)29-40)41-26-14-18-35(4)30-41;;;/h5-30,44-45H,31H2,1-4H3;2*1H;/q;;;+2/p-2/t44-,45-;;;/m1.../s1. The summed E-state index contributed by atoms with van der Waals surface area (Å²) in [6.45, 7) is 8.51. The van der Waals surface area contributed by atoms with Gasteiger partial charge in [-0.1, -0.05) is 180 Å². The van der Waals surface area contributed by atoms with E-state index in [9.17, 15) is 0 Å². The predicted octanol–water partition coefficient (Wildman–Crippen LogP) is 4.84. The van der Waals surface area contributed by atoms with Crippen LogP contribution in [-0.4, -0.2) is 11.8 Å². The third kappa shape index (κ3) is 7.38. The second-order valence-electron chi connectivity index (χ2n) is 14.0. The molecule has 0 aromatic heterocycles. The van der Waals surface area contributed by atoms with Crippen LogP contribution in [0.2, 0.25) is 0 Å². The zero-order chi connectivity index (χ0) is 35.0. The normalized spacial score (nSPS) is 17.7. The molecule has 276 valence electrons. The topological polar surface area (TPSA) is 43.2 Å². The Bertz CT molecular complexity index is 2020. The Balaban J connectivity index is 0.00000187. The van der Waals surface area contributed by atoms with Gasteiger partial charge in [0, 0.05) is 22.3 Å². The van der Waals surface area contributed by atoms with Crippen molar-refractivity contribution in [3.05, 3.63) is 213 Å². The molecule has 0 bridgehead atoms. The summed E-state index contributed by atoms with van der Waals surface area (Å²) in [5.41, 5.74) is 9.29. The largest absolute Gasteiger partial charge is 2.00 e. The average molecular weight is 796 g/mol. The van der Waals surface area contributed by atoms with Gasteiger partial charge in [-0.25, -0.2) is 9.98 Å². The molecule has 0 radical (unpaired) electrons. The molecule has 0 spiro atoms. The molecule has 2 atom stereocenters. The Morgan fingerprint density at radius 2 is 0.722 bits per heavy atom. The van der Waals surface area contributed by atoms with Gasteiger partial charge in [0.25, 0.3) is 0 Å². The fraction of sp³-hybridized carbons (Fsp3) is 0.191. The van der Waals surface area contributed by atoms with Crippen LogP contribution in [-0.2, 0) is 37.2 Å². The summed E-state index contributed by atoms with van der Waals surface area (Å²) in [5.74, 6) is 1.20. The van der Waals surface area contributed by atoms with E-state index >= 15 is 0 Å². The summed E-state index contributed by atoms with van der Waals surface area (Å²) in [7, 11) is 0. The van der Waals surface area contributed by atoms with E-state index in [2.05, 4.69) is 173 Å². The SMILES string of the molecule is Cc1cccc(C2(c3cccc(C)c3)OC(CC3=N[C@H](c4ccccc4)C(c4cccc(C)c4)(c4cccc(C)c4)O3)=N[C@@H]2c2ccccc2)c1.[Cl-].[Cl-].[Ni+2]. The van der Waals surface area contributed by atoms with E-state index in [-0.39, 0.29) is 53.4 Å². The van der Waals surface area contributed by atoms with E-state index in [0.29, 0.717) is 18.2 Å². The third-order valence-corrected chi connectivity index (χ3v) is 10.2. The number of ether oxygens (including phenoxy) is 2. The minimum Gasteiger partial charge on any atom is -1.00 e. The fourth-order valence-electron chi connectivity index (χ4n) is 7.89. The van der Waals surface area contributed by atoms with Gasteiger partial charge in [-0.2, -0.15) is 0 Å². The van der Waals surface area contributed by atoms with Gasteiger partial charge in [0.15, 0.2) is 23.0 Å². The minimum absolute atomic E-state index is 0. The number of halogens is 2. The number of hydrogen-bond donors (Lipinski definition) is 0. The van der Waals surface area contributed by atoms with Crippen LogP contribution in [0.4, 0.5) is 0 Å². The van der Waals surface area contributed by atoms with Crippen LogP contribution in [0.3, 0.4) is 0 Å². The summed E-state index contributed by atoms with van der Waals surface area (Å²) in [6, 6.07) is 54.9. The van der Waals surface area contributed by atoms with Crippen molar-refractivity contribution in [3.8, 4) is 0 Å². The van der Waals surface area contributed by atoms with Gasteiger partial charge in [-0.15, -0.1) is 0 Å². The van der Waals surface area contributed by atoms with Crippen molar-refractivity contribution in [2.75, 3.05) is 0 Å². The van der Waals surface area contributed by atoms with Crippen LogP contribution in [0.1, 0.15) is 74.1 Å². The minimum atomic E-state index is -0.892. The second kappa shape index (κ2) is 16.8. The predicted molar refractivity (Wildman–Crippen MR) is 206 cm³/mol. The zero-order valence-electron chi connectivity index (χ0n) is 30.7. The summed E-state index contributed by atoms with van der Waals surface area (Å²) in [4.78, 5) is 10.9. The maximum absolute atomic E-state index is 7.31. The van der Waals surface area contributed by atoms with Crippen molar-refractivity contribution < 1.29 is 50.8 Å². The Kier molecular flexibility index (Phi) is 12.6. The molecule has 7 heteroatoms. The fourth-order valence-corrected chi connectivity index (χ4v) is 7.89. The molecule has 6 aromatic rings. The molecule has 2 aliphatic heterocycles. The molecule has 0 fully saturated rings. The maximum Gasteiger partial charge on any atom is 2.00 e. The van der Waals surface area contributed by atoms with E-state index < -0.39 is 11.2 Å². The Morgan fingerprint density at radius 1 is 0.426 bits per heavy atom. The maximum atomic E-state index is 7.31. The molecule has 54 heavy (non-hydrogen) atoms. The van der Waals surface area contributed by atoms with Gasteiger partial charge in [-0.05, 0) is 38.8 Å². The molecule has 8 rings (SSSR count). The Morgan fingerprint density at radius 3 is 1.00 bits per heavy atom. The summed E-state index contributed by atoms with van der Waals surface area (Å²) >= 11 is 0. The molecule has 4 nitrogen and oxygen atoms in total. The van der Waals surface area contributed by atoms with Gasteiger partial charge >= 0.3 is 16.5 Å². The van der Waals surface area contributed by atoms with E-state index in [1.165, 1.54) is 22.3 Å². The Labute approximate surface area is 341 Å². The first kappa shape index (κ1) is 40.5. The molecule has 0 saturated heterocycles. The summed E-state index contributed by atoms with van der Waals surface area (Å²) < 4.78 is 14.6. The molecular formula is C47H42Cl2N2NiO2. The number of hydrogen-bond acceptors (Lipinski definition) is 4. The molecule has 6 aromatic carbocycles. The van der Waals surface area contributed by atoms with Crippen LogP contribution in [0.25, 0.3) is 0 Å². The van der Waals surface area contributed by atoms with E-state index in [1.54, 1.807) is 0 Å². The van der Waals surface area contributed by atoms with Gasteiger partial charge in [-0.3, -0.25) is 0 Å². The molecule has 0 amide bonds. The van der Waals surface area contributed by atoms with Gasteiger partial charge in [0.2, 0.25) is 0 Å². The smallest absolute Gasteiger partial charge is 1.00 e. The third-order valence-electron chi connectivity index (χ3n) is 10.2. The van der Waals surface area contributed by atoms with E-state index in [4.69, 9.17) is 19.5 Å². The number of rotatable bonds is 8. The number of aliphatic imine (C=N–C) groups is 2. The Hall–Kier alpha value is -4.67. The van der Waals surface area contributed by atoms with Crippen LogP contribution in [0, 0.1) is 27.7 Å². The van der Waals surface area contributed by atoms with Crippen molar-refractivity contribution in [1.29, 1.82) is 0 Å². The number of nitrogens with zero attached hydrogens (tertiary/aromatic N) is 2. The van der Waals surface area contributed by atoms with Crippen molar-refractivity contribution in [2.24, 2.45) is 9.98 Å². The molecule has 2 heterocycles. The van der Waals surface area contributed by atoms with Crippen molar-refractivity contribution in [2.45, 2.75) is 57.4 Å². The van der Waals surface area contributed by atoms with Crippen LogP contribution in [0.5, 0.6) is 0 Å². The molecule has 0 aliphatic carbocycles. The van der Waals surface area contributed by atoms with Crippen molar-refractivity contribution in [3.63, 3.8) is 0 Å². The van der Waals surface area contributed by atoms with Crippen molar-refractivity contribution in [1.82, 2.24) is 0 Å². The van der Waals surface area contributed by atoms with Gasteiger partial charge in [0.1, 0.15) is 12.1 Å². The summed E-state index contributed by atoms with van der Waals surface area (Å²) in [5, 5.41) is 0.